The van der Waals surface area contributed by atoms with E-state index < -0.39 is 5.54 Å². The lowest BCUT2D eigenvalue weighted by atomic mass is 9.88. The topological polar surface area (TPSA) is 37.4 Å². The lowest BCUT2D eigenvalue weighted by molar-refractivity contribution is -0.152. The molecule has 3 nitrogen and oxygen atoms in total. The van der Waals surface area contributed by atoms with E-state index in [1.54, 1.807) is 0 Å². The number of hydrogen-bond acceptors (Lipinski definition) is 2. The highest BCUT2D eigenvalue weighted by molar-refractivity contribution is 5.96. The zero-order valence-electron chi connectivity index (χ0n) is 14.2. The molecule has 0 aromatic carbocycles. The molecule has 19 heavy (non-hydrogen) atoms. The highest BCUT2D eigenvalue weighted by atomic mass is 16.2. The van der Waals surface area contributed by atoms with Crippen molar-refractivity contribution in [2.24, 2.45) is 10.8 Å². The molecule has 0 aromatic heterocycles. The first-order valence-corrected chi connectivity index (χ1v) is 6.99. The first kappa shape index (κ1) is 18.1. The van der Waals surface area contributed by atoms with Crippen molar-refractivity contribution in [1.29, 1.82) is 0 Å². The van der Waals surface area contributed by atoms with Crippen molar-refractivity contribution in [2.45, 2.75) is 80.7 Å². The number of carbonyl (C=O) groups excluding carboxylic acids is 2. The van der Waals surface area contributed by atoms with E-state index in [9.17, 15) is 9.59 Å². The Morgan fingerprint density at radius 2 is 0.947 bits per heavy atom. The zero-order valence-corrected chi connectivity index (χ0v) is 14.2. The minimum Gasteiger partial charge on any atom is -0.277 e. The number of imide groups is 1. The number of nitrogens with zero attached hydrogens (tertiary/aromatic N) is 1. The Labute approximate surface area is 118 Å². The number of rotatable bonds is 2. The summed E-state index contributed by atoms with van der Waals surface area (Å²) in [6.07, 6.45) is 0.778. The average molecular weight is 269 g/mol. The molecule has 0 saturated carbocycles. The number of hydrogen-bond donors (Lipinski definition) is 0. The Hall–Kier alpha value is -0.860. The highest BCUT2D eigenvalue weighted by Crippen LogP contribution is 2.27. The summed E-state index contributed by atoms with van der Waals surface area (Å²) in [7, 11) is 0. The molecule has 0 aromatic rings. The normalized spacial score (nSPS) is 13.3. The monoisotopic (exact) mass is 269 g/mol. The van der Waals surface area contributed by atoms with Crippen LogP contribution in [0.5, 0.6) is 0 Å². The molecule has 0 unspecified atom stereocenters. The highest BCUT2D eigenvalue weighted by Gasteiger charge is 2.35. The fraction of sp³-hybridized carbons (Fsp3) is 0.875. The van der Waals surface area contributed by atoms with Crippen LogP contribution < -0.4 is 0 Å². The van der Waals surface area contributed by atoms with Crippen molar-refractivity contribution >= 4 is 11.8 Å². The summed E-state index contributed by atoms with van der Waals surface area (Å²) < 4.78 is 0. The molecular formula is C16H31NO2. The maximum absolute atomic E-state index is 12.4. The zero-order chi connectivity index (χ0) is 15.6. The standard InChI is InChI=1S/C16H31NO2/c1-14(2,3)10-12(18)17(16(7,8)9)13(19)11-15(4,5)6/h10-11H2,1-9H3. The van der Waals surface area contributed by atoms with Crippen LogP contribution in [0.3, 0.4) is 0 Å². The Balaban J connectivity index is 5.15. The molecule has 112 valence electrons. The van der Waals surface area contributed by atoms with Gasteiger partial charge in [-0.2, -0.15) is 0 Å². The first-order chi connectivity index (χ1) is 8.13. The smallest absolute Gasteiger partial charge is 0.230 e. The van der Waals surface area contributed by atoms with Crippen molar-refractivity contribution < 1.29 is 9.59 Å². The molecule has 0 aliphatic rings. The third kappa shape index (κ3) is 7.34. The van der Waals surface area contributed by atoms with E-state index >= 15 is 0 Å². The maximum Gasteiger partial charge on any atom is 0.230 e. The molecule has 0 aliphatic carbocycles. The van der Waals surface area contributed by atoms with E-state index in [-0.39, 0.29) is 22.6 Å². The predicted octanol–water partition coefficient (Wildman–Crippen LogP) is 4.01. The second kappa shape index (κ2) is 5.64. The summed E-state index contributed by atoms with van der Waals surface area (Å²) in [5.74, 6) is -0.150. The van der Waals surface area contributed by atoms with Gasteiger partial charge in [0, 0.05) is 18.4 Å². The lowest BCUT2D eigenvalue weighted by Gasteiger charge is -2.37. The van der Waals surface area contributed by atoms with Crippen LogP contribution in [0.25, 0.3) is 0 Å². The molecule has 0 fully saturated rings. The van der Waals surface area contributed by atoms with Crippen LogP contribution >= 0.6 is 0 Å². The summed E-state index contributed by atoms with van der Waals surface area (Å²) in [4.78, 5) is 26.3. The van der Waals surface area contributed by atoms with Gasteiger partial charge < -0.3 is 0 Å². The van der Waals surface area contributed by atoms with Gasteiger partial charge in [-0.05, 0) is 31.6 Å². The molecular weight excluding hydrogens is 238 g/mol. The number of carbonyl (C=O) groups is 2. The molecule has 0 radical (unpaired) electrons. The second-order valence-corrected chi connectivity index (χ2v) is 8.77. The quantitative estimate of drug-likeness (QED) is 0.759. The van der Waals surface area contributed by atoms with Crippen LogP contribution in [0, 0.1) is 10.8 Å². The van der Waals surface area contributed by atoms with Gasteiger partial charge in [0.2, 0.25) is 11.8 Å². The van der Waals surface area contributed by atoms with Gasteiger partial charge in [0.1, 0.15) is 0 Å². The molecule has 0 atom stereocenters. The van der Waals surface area contributed by atoms with E-state index in [0.717, 1.165) is 0 Å². The molecule has 0 aliphatic heterocycles. The molecule has 2 amide bonds. The Morgan fingerprint density at radius 3 is 1.11 bits per heavy atom. The van der Waals surface area contributed by atoms with Crippen molar-refractivity contribution in [3.05, 3.63) is 0 Å². The van der Waals surface area contributed by atoms with Crippen molar-refractivity contribution in [3.63, 3.8) is 0 Å². The first-order valence-electron chi connectivity index (χ1n) is 6.99. The minimum absolute atomic E-state index is 0.0748. The van der Waals surface area contributed by atoms with Crippen LogP contribution in [-0.4, -0.2) is 22.3 Å². The van der Waals surface area contributed by atoms with Gasteiger partial charge in [0.15, 0.2) is 0 Å². The summed E-state index contributed by atoms with van der Waals surface area (Å²) in [5, 5.41) is 0. The largest absolute Gasteiger partial charge is 0.277 e. The van der Waals surface area contributed by atoms with E-state index in [2.05, 4.69) is 0 Å². The number of amides is 2. The molecule has 0 bridgehead atoms. The van der Waals surface area contributed by atoms with Gasteiger partial charge in [-0.15, -0.1) is 0 Å². The van der Waals surface area contributed by atoms with Gasteiger partial charge in [-0.1, -0.05) is 41.5 Å². The van der Waals surface area contributed by atoms with Crippen LogP contribution in [0.2, 0.25) is 0 Å². The summed E-state index contributed by atoms with van der Waals surface area (Å²) in [5.41, 5.74) is -0.685. The third-order valence-corrected chi connectivity index (χ3v) is 2.53. The minimum atomic E-state index is -0.468. The van der Waals surface area contributed by atoms with Gasteiger partial charge in [0.05, 0.1) is 0 Å². The molecule has 0 saturated heterocycles. The van der Waals surface area contributed by atoms with Gasteiger partial charge >= 0.3 is 0 Å². The van der Waals surface area contributed by atoms with Gasteiger partial charge in [-0.25, -0.2) is 0 Å². The third-order valence-electron chi connectivity index (χ3n) is 2.53. The van der Waals surface area contributed by atoms with Gasteiger partial charge in [-0.3, -0.25) is 14.5 Å². The fourth-order valence-corrected chi connectivity index (χ4v) is 1.95. The van der Waals surface area contributed by atoms with E-state index in [1.807, 2.05) is 62.3 Å². The maximum atomic E-state index is 12.4. The second-order valence-electron chi connectivity index (χ2n) is 8.77. The molecule has 0 N–H and O–H groups in total. The van der Waals surface area contributed by atoms with E-state index in [4.69, 9.17) is 0 Å². The van der Waals surface area contributed by atoms with E-state index in [0.29, 0.717) is 12.8 Å². The van der Waals surface area contributed by atoms with Crippen molar-refractivity contribution in [3.8, 4) is 0 Å². The van der Waals surface area contributed by atoms with Crippen LogP contribution in [-0.2, 0) is 9.59 Å². The Kier molecular flexibility index (Phi) is 5.38. The molecule has 0 rings (SSSR count). The predicted molar refractivity (Wildman–Crippen MR) is 79.8 cm³/mol. The van der Waals surface area contributed by atoms with Crippen LogP contribution in [0.1, 0.15) is 75.2 Å². The van der Waals surface area contributed by atoms with Gasteiger partial charge in [0.25, 0.3) is 0 Å². The SMILES string of the molecule is CC(C)(C)CC(=O)N(C(=O)CC(C)(C)C)C(C)(C)C. The molecule has 0 heterocycles. The summed E-state index contributed by atoms with van der Waals surface area (Å²) in [6.45, 7) is 17.8. The van der Waals surface area contributed by atoms with E-state index in [1.165, 1.54) is 4.90 Å². The van der Waals surface area contributed by atoms with Crippen molar-refractivity contribution in [1.82, 2.24) is 4.90 Å². The average Bonchev–Trinajstić information content (AvgIpc) is 1.90. The Bertz CT molecular complexity index is 309. The fourth-order valence-electron chi connectivity index (χ4n) is 1.95. The lowest BCUT2D eigenvalue weighted by Crippen LogP contribution is -2.51. The molecule has 3 heteroatoms. The van der Waals surface area contributed by atoms with Crippen LogP contribution in [0.15, 0.2) is 0 Å². The summed E-state index contributed by atoms with van der Waals surface area (Å²) in [6, 6.07) is 0. The molecule has 0 spiro atoms. The van der Waals surface area contributed by atoms with Crippen LogP contribution in [0.4, 0.5) is 0 Å². The van der Waals surface area contributed by atoms with Crippen molar-refractivity contribution in [2.75, 3.05) is 0 Å². The summed E-state index contributed by atoms with van der Waals surface area (Å²) >= 11 is 0. The Morgan fingerprint density at radius 1 is 0.684 bits per heavy atom.